The van der Waals surface area contributed by atoms with Gasteiger partial charge < -0.3 is 14.1 Å². The number of oxazole rings is 1. The molecule has 3 rings (SSSR count). The maximum absolute atomic E-state index is 5.94. The van der Waals surface area contributed by atoms with Gasteiger partial charge in [0.15, 0.2) is 0 Å². The highest BCUT2D eigenvalue weighted by atomic mass is 16.5. The van der Waals surface area contributed by atoms with E-state index in [1.54, 1.807) is 13.3 Å². The van der Waals surface area contributed by atoms with Crippen LogP contribution in [0, 0.1) is 20.8 Å². The molecule has 0 atom stereocenters. The van der Waals surface area contributed by atoms with E-state index in [4.69, 9.17) is 14.1 Å². The zero-order chi connectivity index (χ0) is 18.0. The molecule has 132 valence electrons. The number of aromatic nitrogens is 3. The van der Waals surface area contributed by atoms with Crippen LogP contribution in [0.2, 0.25) is 0 Å². The molecule has 3 aromatic rings. The molecule has 0 aliphatic heterocycles. The van der Waals surface area contributed by atoms with E-state index in [9.17, 15) is 0 Å². The number of hydrogen-bond acceptors (Lipinski definition) is 5. The zero-order valence-corrected chi connectivity index (χ0v) is 15.4. The van der Waals surface area contributed by atoms with Gasteiger partial charge in [-0.1, -0.05) is 0 Å². The quantitative estimate of drug-likeness (QED) is 0.742. The maximum atomic E-state index is 5.94. The predicted octanol–water partition coefficient (Wildman–Crippen LogP) is 3.63. The smallest absolute Gasteiger partial charge is 0.226 e. The fraction of sp³-hybridized carbons (Fsp3) is 0.368. The van der Waals surface area contributed by atoms with Crippen molar-refractivity contribution in [1.82, 2.24) is 19.9 Å². The van der Waals surface area contributed by atoms with Crippen molar-refractivity contribution in [3.8, 4) is 17.2 Å². The van der Waals surface area contributed by atoms with Gasteiger partial charge in [0.05, 0.1) is 19.3 Å². The summed E-state index contributed by atoms with van der Waals surface area (Å²) in [5, 5.41) is 0. The van der Waals surface area contributed by atoms with Gasteiger partial charge >= 0.3 is 0 Å². The summed E-state index contributed by atoms with van der Waals surface area (Å²) >= 11 is 0. The standard InChI is InChI=1S/C19H24N4O2/c1-12-13(2)17(24-5)7-6-15(12)19-22-16(14(3)25-19)10-23(4)11-18-20-8-9-21-18/h6-9H,10-11H2,1-5H3,(H,20,21). The van der Waals surface area contributed by atoms with Crippen molar-refractivity contribution in [2.45, 2.75) is 33.9 Å². The van der Waals surface area contributed by atoms with Crippen molar-refractivity contribution in [3.63, 3.8) is 0 Å². The number of rotatable bonds is 6. The lowest BCUT2D eigenvalue weighted by Gasteiger charge is -2.13. The van der Waals surface area contributed by atoms with E-state index in [1.165, 1.54) is 0 Å². The number of aryl methyl sites for hydroxylation is 1. The number of ether oxygens (including phenoxy) is 1. The molecule has 0 saturated carbocycles. The van der Waals surface area contributed by atoms with Crippen LogP contribution in [0.3, 0.4) is 0 Å². The summed E-state index contributed by atoms with van der Waals surface area (Å²) in [5.74, 6) is 3.31. The van der Waals surface area contributed by atoms with Crippen LogP contribution in [0.15, 0.2) is 28.9 Å². The number of methoxy groups -OCH3 is 1. The summed E-state index contributed by atoms with van der Waals surface area (Å²) in [4.78, 5) is 14.3. The Morgan fingerprint density at radius 2 is 1.96 bits per heavy atom. The molecule has 2 aromatic heterocycles. The van der Waals surface area contributed by atoms with E-state index in [1.807, 2.05) is 39.2 Å². The molecule has 1 N–H and O–H groups in total. The molecule has 2 heterocycles. The largest absolute Gasteiger partial charge is 0.496 e. The zero-order valence-electron chi connectivity index (χ0n) is 15.4. The van der Waals surface area contributed by atoms with Gasteiger partial charge in [-0.15, -0.1) is 0 Å². The monoisotopic (exact) mass is 340 g/mol. The molecule has 0 aliphatic rings. The molecule has 0 amide bonds. The van der Waals surface area contributed by atoms with Crippen LogP contribution < -0.4 is 4.74 Å². The highest BCUT2D eigenvalue weighted by molar-refractivity contribution is 5.63. The molecule has 0 fully saturated rings. The summed E-state index contributed by atoms with van der Waals surface area (Å²) in [6.07, 6.45) is 3.59. The second-order valence-corrected chi connectivity index (χ2v) is 6.30. The molecule has 0 unspecified atom stereocenters. The Morgan fingerprint density at radius 1 is 1.16 bits per heavy atom. The van der Waals surface area contributed by atoms with Gasteiger partial charge in [-0.05, 0) is 51.1 Å². The topological polar surface area (TPSA) is 67.2 Å². The molecule has 0 saturated heterocycles. The Balaban J connectivity index is 1.82. The van der Waals surface area contributed by atoms with Gasteiger partial charge in [-0.25, -0.2) is 9.97 Å². The van der Waals surface area contributed by atoms with Crippen LogP contribution in [-0.4, -0.2) is 34.0 Å². The summed E-state index contributed by atoms with van der Waals surface area (Å²) in [6, 6.07) is 3.96. The average molecular weight is 340 g/mol. The summed E-state index contributed by atoms with van der Waals surface area (Å²) in [6.45, 7) is 7.50. The second kappa shape index (κ2) is 7.11. The fourth-order valence-corrected chi connectivity index (χ4v) is 2.89. The lowest BCUT2D eigenvalue weighted by molar-refractivity contribution is 0.306. The Hall–Kier alpha value is -2.60. The molecule has 6 heteroatoms. The van der Waals surface area contributed by atoms with E-state index >= 15 is 0 Å². The molecule has 0 spiro atoms. The minimum atomic E-state index is 0.655. The van der Waals surface area contributed by atoms with Crippen molar-refractivity contribution in [1.29, 1.82) is 0 Å². The summed E-state index contributed by atoms with van der Waals surface area (Å²) in [7, 11) is 3.72. The van der Waals surface area contributed by atoms with E-state index in [0.29, 0.717) is 12.4 Å². The molecule has 0 bridgehead atoms. The Kier molecular flexibility index (Phi) is 4.90. The molecule has 25 heavy (non-hydrogen) atoms. The average Bonchev–Trinajstić information content (AvgIpc) is 3.20. The minimum absolute atomic E-state index is 0.655. The number of imidazole rings is 1. The Labute approximate surface area is 147 Å². The lowest BCUT2D eigenvalue weighted by Crippen LogP contribution is -2.18. The van der Waals surface area contributed by atoms with Crippen molar-refractivity contribution in [2.75, 3.05) is 14.2 Å². The van der Waals surface area contributed by atoms with Crippen LogP contribution in [0.1, 0.15) is 28.4 Å². The molecule has 1 aromatic carbocycles. The van der Waals surface area contributed by atoms with Crippen LogP contribution >= 0.6 is 0 Å². The van der Waals surface area contributed by atoms with E-state index in [0.717, 1.165) is 46.3 Å². The molecule has 6 nitrogen and oxygen atoms in total. The minimum Gasteiger partial charge on any atom is -0.496 e. The first-order valence-electron chi connectivity index (χ1n) is 8.27. The van der Waals surface area contributed by atoms with E-state index < -0.39 is 0 Å². The van der Waals surface area contributed by atoms with Gasteiger partial charge in [0.2, 0.25) is 5.89 Å². The lowest BCUT2D eigenvalue weighted by atomic mass is 10.0. The second-order valence-electron chi connectivity index (χ2n) is 6.30. The van der Waals surface area contributed by atoms with Gasteiger partial charge in [-0.2, -0.15) is 0 Å². The van der Waals surface area contributed by atoms with Crippen molar-refractivity contribution < 1.29 is 9.15 Å². The molecule has 0 radical (unpaired) electrons. The molecular weight excluding hydrogens is 316 g/mol. The fourth-order valence-electron chi connectivity index (χ4n) is 2.89. The highest BCUT2D eigenvalue weighted by Crippen LogP contribution is 2.31. The van der Waals surface area contributed by atoms with Gasteiger partial charge in [0.1, 0.15) is 17.3 Å². The van der Waals surface area contributed by atoms with Gasteiger partial charge in [-0.3, -0.25) is 4.90 Å². The SMILES string of the molecule is COc1ccc(-c2nc(CN(C)Cc3ncc[nH]3)c(C)o2)c(C)c1C. The number of benzene rings is 1. The van der Waals surface area contributed by atoms with Gasteiger partial charge in [0.25, 0.3) is 0 Å². The first-order chi connectivity index (χ1) is 12.0. The Morgan fingerprint density at radius 3 is 2.64 bits per heavy atom. The third-order valence-corrected chi connectivity index (χ3v) is 4.47. The molecule has 0 aliphatic carbocycles. The normalized spacial score (nSPS) is 11.3. The van der Waals surface area contributed by atoms with E-state index in [2.05, 4.69) is 21.8 Å². The highest BCUT2D eigenvalue weighted by Gasteiger charge is 2.17. The van der Waals surface area contributed by atoms with Crippen LogP contribution in [0.4, 0.5) is 0 Å². The molecular formula is C19H24N4O2. The van der Waals surface area contributed by atoms with Crippen molar-refractivity contribution in [3.05, 3.63) is 52.9 Å². The van der Waals surface area contributed by atoms with Gasteiger partial charge in [0, 0.05) is 24.5 Å². The third-order valence-electron chi connectivity index (χ3n) is 4.47. The Bertz CT molecular complexity index is 853. The van der Waals surface area contributed by atoms with E-state index in [-0.39, 0.29) is 0 Å². The number of nitrogens with zero attached hydrogens (tertiary/aromatic N) is 3. The predicted molar refractivity (Wildman–Crippen MR) is 96.5 cm³/mol. The van der Waals surface area contributed by atoms with Crippen LogP contribution in [-0.2, 0) is 13.1 Å². The third kappa shape index (κ3) is 3.58. The maximum Gasteiger partial charge on any atom is 0.226 e. The van der Waals surface area contributed by atoms with Crippen LogP contribution in [0.5, 0.6) is 5.75 Å². The van der Waals surface area contributed by atoms with Crippen molar-refractivity contribution in [2.24, 2.45) is 0 Å². The first kappa shape index (κ1) is 17.2. The number of hydrogen-bond donors (Lipinski definition) is 1. The van der Waals surface area contributed by atoms with Crippen LogP contribution in [0.25, 0.3) is 11.5 Å². The first-order valence-corrected chi connectivity index (χ1v) is 8.27. The number of nitrogens with one attached hydrogen (secondary N) is 1. The summed E-state index contributed by atoms with van der Waals surface area (Å²) < 4.78 is 11.3. The number of H-pyrrole nitrogens is 1. The number of aromatic amines is 1. The summed E-state index contributed by atoms with van der Waals surface area (Å²) in [5.41, 5.74) is 4.17. The van der Waals surface area contributed by atoms with Crippen molar-refractivity contribution >= 4 is 0 Å².